The van der Waals surface area contributed by atoms with Crippen LogP contribution < -0.4 is 0 Å². The first-order valence-electron chi connectivity index (χ1n) is 4.38. The molecule has 0 amide bonds. The van der Waals surface area contributed by atoms with Gasteiger partial charge in [-0.15, -0.1) is 0 Å². The summed E-state index contributed by atoms with van der Waals surface area (Å²) in [5, 5.41) is 0. The van der Waals surface area contributed by atoms with E-state index in [1.807, 2.05) is 24.3 Å². The zero-order valence-corrected chi connectivity index (χ0v) is 9.84. The lowest BCUT2D eigenvalue weighted by atomic mass is 9.87. The SMILES string of the molecule is CC(C)(C)c1ccc([C](=O)[AlH])cc1. The second-order valence-corrected chi connectivity index (χ2v) is 4.89. The Morgan fingerprint density at radius 1 is 1.15 bits per heavy atom. The average molecular weight is 189 g/mol. The number of carbonyl (C=O) groups is 1. The third-order valence-electron chi connectivity index (χ3n) is 2.07. The third-order valence-corrected chi connectivity index (χ3v) is 2.48. The van der Waals surface area contributed by atoms with Crippen LogP contribution in [0.15, 0.2) is 24.3 Å². The Hall–Kier alpha value is -0.578. The predicted octanol–water partition coefficient (Wildman–Crippen LogP) is 2.03. The second-order valence-electron chi connectivity index (χ2n) is 4.25. The van der Waals surface area contributed by atoms with Gasteiger partial charge in [0.25, 0.3) is 16.3 Å². The van der Waals surface area contributed by atoms with Gasteiger partial charge in [-0.3, -0.25) is 0 Å². The molecule has 0 bridgehead atoms. The van der Waals surface area contributed by atoms with Gasteiger partial charge in [-0.25, -0.2) is 0 Å². The monoisotopic (exact) mass is 189 g/mol. The molecule has 0 heterocycles. The molecule has 0 spiro atoms. The van der Waals surface area contributed by atoms with Crippen LogP contribution in [0.1, 0.15) is 36.7 Å². The van der Waals surface area contributed by atoms with Gasteiger partial charge in [0.2, 0.25) is 0 Å². The molecule has 1 aromatic carbocycles. The maximum atomic E-state index is 11.0. The number of carbonyl (C=O) groups excluding carboxylic acids is 1. The number of rotatable bonds is 1. The summed E-state index contributed by atoms with van der Waals surface area (Å²) in [6, 6.07) is 7.86. The Balaban J connectivity index is 3.01. The Labute approximate surface area is 87.6 Å². The molecule has 1 rings (SSSR count). The lowest BCUT2D eigenvalue weighted by molar-refractivity contribution is 0.108. The summed E-state index contributed by atoms with van der Waals surface area (Å²) in [5.41, 5.74) is 2.23. The first kappa shape index (κ1) is 10.5. The maximum absolute atomic E-state index is 11.0. The van der Waals surface area contributed by atoms with E-state index in [4.69, 9.17) is 0 Å². The highest BCUT2D eigenvalue weighted by molar-refractivity contribution is 6.62. The molecule has 2 heteroatoms. The van der Waals surface area contributed by atoms with Crippen LogP contribution in [-0.4, -0.2) is 20.9 Å². The number of hydrogen-bond donors (Lipinski definition) is 0. The standard InChI is InChI=1S/C11H13O.Al.H/c1-11(2,3)10-6-4-9(8-12)5-7-10;;/h4-7H,1-3H3;;. The Morgan fingerprint density at radius 2 is 1.62 bits per heavy atom. The molecule has 0 fully saturated rings. The zero-order chi connectivity index (χ0) is 10.1. The number of benzene rings is 1. The highest BCUT2D eigenvalue weighted by atomic mass is 27.0. The van der Waals surface area contributed by atoms with Gasteiger partial charge in [-0.05, 0) is 16.5 Å². The summed E-state index contributed by atoms with van der Waals surface area (Å²) in [5.74, 6) is 0. The maximum Gasteiger partial charge on any atom is 0.295 e. The zero-order valence-electron chi connectivity index (χ0n) is 8.42. The molecule has 0 saturated carbocycles. The third kappa shape index (κ3) is 2.69. The van der Waals surface area contributed by atoms with Crippen molar-refractivity contribution in [1.29, 1.82) is 0 Å². The first-order chi connectivity index (χ1) is 5.91. The van der Waals surface area contributed by atoms with E-state index < -0.39 is 0 Å². The minimum Gasteiger partial charge on any atom is -0.318 e. The molecule has 1 radical (unpaired) electrons. The summed E-state index contributed by atoms with van der Waals surface area (Å²) in [4.78, 5) is 11.0. The molecule has 13 heavy (non-hydrogen) atoms. The van der Waals surface area contributed by atoms with Crippen molar-refractivity contribution in [3.8, 4) is 0 Å². The van der Waals surface area contributed by atoms with Crippen LogP contribution in [0.25, 0.3) is 0 Å². The summed E-state index contributed by atoms with van der Waals surface area (Å²) in [6.45, 7) is 6.49. The summed E-state index contributed by atoms with van der Waals surface area (Å²) in [7, 11) is 0. The van der Waals surface area contributed by atoms with E-state index >= 15 is 0 Å². The normalized spacial score (nSPS) is 11.3. The van der Waals surface area contributed by atoms with Crippen LogP contribution in [-0.2, 0) is 5.41 Å². The molecule has 0 aliphatic heterocycles. The van der Waals surface area contributed by atoms with Crippen molar-refractivity contribution in [2.75, 3.05) is 0 Å². The summed E-state index contributed by atoms with van der Waals surface area (Å²) >= 11 is 1.39. The van der Waals surface area contributed by atoms with E-state index in [2.05, 4.69) is 20.8 Å². The summed E-state index contributed by atoms with van der Waals surface area (Å²) in [6.07, 6.45) is 0. The lowest BCUT2D eigenvalue weighted by Gasteiger charge is -2.18. The van der Waals surface area contributed by atoms with Gasteiger partial charge < -0.3 is 4.79 Å². The quantitative estimate of drug-likeness (QED) is 0.618. The molecule has 1 aromatic rings. The Kier molecular flexibility index (Phi) is 2.95. The predicted molar refractivity (Wildman–Crippen MR) is 56.6 cm³/mol. The molecular formula is C11H14AlO. The first-order valence-corrected chi connectivity index (χ1v) is 5.09. The minimum atomic E-state index is 0.153. The topological polar surface area (TPSA) is 17.1 Å². The van der Waals surface area contributed by atoms with Crippen LogP contribution in [0.4, 0.5) is 0 Å². The lowest BCUT2D eigenvalue weighted by Crippen LogP contribution is -2.11. The molecule has 67 valence electrons. The highest BCUT2D eigenvalue weighted by Gasteiger charge is 2.12. The van der Waals surface area contributed by atoms with Gasteiger partial charge in [0, 0.05) is 0 Å². The van der Waals surface area contributed by atoms with E-state index in [9.17, 15) is 4.79 Å². The van der Waals surface area contributed by atoms with Crippen molar-refractivity contribution < 1.29 is 4.79 Å². The van der Waals surface area contributed by atoms with Gasteiger partial charge in [0.1, 0.15) is 0 Å². The van der Waals surface area contributed by atoms with Crippen molar-refractivity contribution in [2.24, 2.45) is 0 Å². The van der Waals surface area contributed by atoms with Crippen molar-refractivity contribution in [1.82, 2.24) is 0 Å². The van der Waals surface area contributed by atoms with Crippen LogP contribution in [0.5, 0.6) is 0 Å². The van der Waals surface area contributed by atoms with Crippen LogP contribution in [0.3, 0.4) is 0 Å². The van der Waals surface area contributed by atoms with Crippen LogP contribution in [0.2, 0.25) is 0 Å². The fourth-order valence-electron chi connectivity index (χ4n) is 1.16. The largest absolute Gasteiger partial charge is 0.318 e. The minimum absolute atomic E-state index is 0.153. The van der Waals surface area contributed by atoms with Crippen molar-refractivity contribution in [2.45, 2.75) is 26.2 Å². The molecule has 1 nitrogen and oxygen atoms in total. The average Bonchev–Trinajstić information content (AvgIpc) is 2.03. The van der Waals surface area contributed by atoms with Crippen LogP contribution >= 0.6 is 0 Å². The molecule has 0 aliphatic rings. The smallest absolute Gasteiger partial charge is 0.295 e. The fraction of sp³-hybridized carbons (Fsp3) is 0.364. The van der Waals surface area contributed by atoms with Crippen molar-refractivity contribution >= 4 is 20.9 Å². The van der Waals surface area contributed by atoms with Crippen molar-refractivity contribution in [3.63, 3.8) is 0 Å². The fourth-order valence-corrected chi connectivity index (χ4v) is 1.39. The summed E-state index contributed by atoms with van der Waals surface area (Å²) < 4.78 is 0.153. The van der Waals surface area contributed by atoms with Crippen LogP contribution in [0, 0.1) is 0 Å². The van der Waals surface area contributed by atoms with E-state index in [0.29, 0.717) is 0 Å². The molecule has 0 N–H and O–H groups in total. The Morgan fingerprint density at radius 3 is 1.92 bits per heavy atom. The molecular weight excluding hydrogens is 175 g/mol. The van der Waals surface area contributed by atoms with Gasteiger partial charge in [0.15, 0.2) is 0 Å². The molecule has 0 atom stereocenters. The van der Waals surface area contributed by atoms with Gasteiger partial charge >= 0.3 is 0 Å². The Bertz CT molecular complexity index is 306. The van der Waals surface area contributed by atoms with Gasteiger partial charge in [-0.1, -0.05) is 45.0 Å². The highest BCUT2D eigenvalue weighted by Crippen LogP contribution is 2.21. The van der Waals surface area contributed by atoms with Gasteiger partial charge in [-0.2, -0.15) is 0 Å². The second kappa shape index (κ2) is 3.66. The molecule has 0 saturated heterocycles. The molecule has 0 aromatic heterocycles. The van der Waals surface area contributed by atoms with E-state index in [0.717, 1.165) is 5.56 Å². The molecule has 0 unspecified atom stereocenters. The van der Waals surface area contributed by atoms with E-state index in [-0.39, 0.29) is 10.1 Å². The van der Waals surface area contributed by atoms with E-state index in [1.165, 1.54) is 21.9 Å². The van der Waals surface area contributed by atoms with E-state index in [1.54, 1.807) is 0 Å². The molecule has 0 aliphatic carbocycles. The van der Waals surface area contributed by atoms with Gasteiger partial charge in [0.05, 0.1) is 4.65 Å². The van der Waals surface area contributed by atoms with Crippen molar-refractivity contribution in [3.05, 3.63) is 35.4 Å². The number of hydrogen-bond acceptors (Lipinski definition) is 1.